The van der Waals surface area contributed by atoms with Gasteiger partial charge in [-0.15, -0.1) is 11.3 Å². The van der Waals surface area contributed by atoms with Gasteiger partial charge >= 0.3 is 0 Å². The maximum atomic E-state index is 5.58. The number of ether oxygens (including phenoxy) is 1. The molecule has 1 aliphatic carbocycles. The molecular weight excluding hydrogens is 332 g/mol. The number of nitrogens with zero attached hydrogens (tertiary/aromatic N) is 2. The Morgan fingerprint density at radius 3 is 2.64 bits per heavy atom. The fraction of sp³-hybridized carbons (Fsp3) is 0.737. The minimum absolute atomic E-state index is 0.262. The van der Waals surface area contributed by atoms with Crippen molar-refractivity contribution in [2.24, 2.45) is 4.99 Å². The van der Waals surface area contributed by atoms with Crippen LogP contribution in [0.5, 0.6) is 0 Å². The lowest BCUT2D eigenvalue weighted by Crippen LogP contribution is -2.60. The van der Waals surface area contributed by atoms with E-state index in [-0.39, 0.29) is 5.54 Å². The molecule has 140 valence electrons. The first-order valence-electron chi connectivity index (χ1n) is 9.54. The summed E-state index contributed by atoms with van der Waals surface area (Å²) in [7, 11) is 1.86. The van der Waals surface area contributed by atoms with Crippen molar-refractivity contribution in [2.45, 2.75) is 51.1 Å². The van der Waals surface area contributed by atoms with E-state index in [9.17, 15) is 0 Å². The van der Waals surface area contributed by atoms with E-state index in [1.807, 2.05) is 7.05 Å². The van der Waals surface area contributed by atoms with Crippen LogP contribution < -0.4 is 10.6 Å². The summed E-state index contributed by atoms with van der Waals surface area (Å²) >= 11 is 1.80. The summed E-state index contributed by atoms with van der Waals surface area (Å²) in [5, 5.41) is 9.25. The van der Waals surface area contributed by atoms with Crippen molar-refractivity contribution < 1.29 is 4.74 Å². The van der Waals surface area contributed by atoms with Gasteiger partial charge in [-0.25, -0.2) is 0 Å². The van der Waals surface area contributed by atoms with E-state index in [1.54, 1.807) is 11.3 Å². The van der Waals surface area contributed by atoms with Crippen molar-refractivity contribution in [1.82, 2.24) is 15.5 Å². The Morgan fingerprint density at radius 2 is 2.00 bits per heavy atom. The fourth-order valence-corrected chi connectivity index (χ4v) is 4.92. The Balaban J connectivity index is 1.58. The van der Waals surface area contributed by atoms with Crippen LogP contribution in [0.4, 0.5) is 0 Å². The minimum Gasteiger partial charge on any atom is -0.379 e. The zero-order valence-corrected chi connectivity index (χ0v) is 16.5. The smallest absolute Gasteiger partial charge is 0.191 e. The Labute approximate surface area is 155 Å². The molecule has 1 aromatic heterocycles. The first-order valence-corrected chi connectivity index (χ1v) is 10.4. The third-order valence-electron chi connectivity index (χ3n) is 5.66. The number of hydrogen-bond acceptors (Lipinski definition) is 4. The van der Waals surface area contributed by atoms with Crippen molar-refractivity contribution in [3.8, 4) is 0 Å². The molecule has 0 amide bonds. The number of aryl methyl sites for hydroxylation is 1. The van der Waals surface area contributed by atoms with E-state index in [4.69, 9.17) is 4.74 Å². The fourth-order valence-electron chi connectivity index (χ4n) is 4.07. The highest BCUT2D eigenvalue weighted by Crippen LogP contribution is 2.33. The summed E-state index contributed by atoms with van der Waals surface area (Å²) in [4.78, 5) is 8.48. The van der Waals surface area contributed by atoms with E-state index < -0.39 is 0 Å². The summed E-state index contributed by atoms with van der Waals surface area (Å²) in [5.74, 6) is 0.908. The number of rotatable bonds is 5. The van der Waals surface area contributed by atoms with Gasteiger partial charge in [-0.2, -0.15) is 0 Å². The number of nitrogens with one attached hydrogen (secondary N) is 2. The van der Waals surface area contributed by atoms with Gasteiger partial charge in [0.15, 0.2) is 5.96 Å². The molecule has 0 radical (unpaired) electrons. The first kappa shape index (κ1) is 18.7. The molecule has 0 aromatic carbocycles. The van der Waals surface area contributed by atoms with E-state index in [2.05, 4.69) is 38.9 Å². The Kier molecular flexibility index (Phi) is 6.73. The molecule has 2 aliphatic rings. The van der Waals surface area contributed by atoms with Crippen molar-refractivity contribution >= 4 is 17.3 Å². The molecule has 3 rings (SSSR count). The molecule has 0 bridgehead atoms. The summed E-state index contributed by atoms with van der Waals surface area (Å²) < 4.78 is 5.58. The maximum absolute atomic E-state index is 5.58. The van der Waals surface area contributed by atoms with E-state index in [0.717, 1.165) is 45.4 Å². The zero-order chi connectivity index (χ0) is 17.5. The predicted octanol–water partition coefficient (Wildman–Crippen LogP) is 2.76. The highest BCUT2D eigenvalue weighted by Gasteiger charge is 2.38. The molecule has 0 spiro atoms. The molecule has 1 aliphatic heterocycles. The molecule has 2 heterocycles. The maximum Gasteiger partial charge on any atom is 0.191 e. The van der Waals surface area contributed by atoms with Gasteiger partial charge in [0.25, 0.3) is 0 Å². The average molecular weight is 365 g/mol. The van der Waals surface area contributed by atoms with Crippen LogP contribution in [-0.2, 0) is 11.3 Å². The molecule has 1 saturated carbocycles. The Hall–Kier alpha value is -1.11. The van der Waals surface area contributed by atoms with Gasteiger partial charge in [0.05, 0.1) is 19.8 Å². The summed E-state index contributed by atoms with van der Waals surface area (Å²) in [6, 6.07) is 2.17. The van der Waals surface area contributed by atoms with Gasteiger partial charge in [-0.05, 0) is 36.8 Å². The lowest BCUT2D eigenvalue weighted by atomic mass is 9.80. The average Bonchev–Trinajstić information content (AvgIpc) is 3.08. The van der Waals surface area contributed by atoms with E-state index >= 15 is 0 Å². The molecule has 6 heteroatoms. The van der Waals surface area contributed by atoms with Gasteiger partial charge in [-0.3, -0.25) is 9.89 Å². The van der Waals surface area contributed by atoms with Crippen LogP contribution in [0.2, 0.25) is 0 Å². The molecule has 1 saturated heterocycles. The van der Waals surface area contributed by atoms with Crippen LogP contribution in [0.1, 0.15) is 42.5 Å². The van der Waals surface area contributed by atoms with Crippen LogP contribution in [0.15, 0.2) is 16.4 Å². The van der Waals surface area contributed by atoms with Crippen molar-refractivity contribution in [3.63, 3.8) is 0 Å². The summed E-state index contributed by atoms with van der Waals surface area (Å²) in [6.07, 6.45) is 6.59. The monoisotopic (exact) mass is 364 g/mol. The van der Waals surface area contributed by atoms with Gasteiger partial charge in [0, 0.05) is 37.1 Å². The van der Waals surface area contributed by atoms with Crippen LogP contribution in [-0.4, -0.2) is 56.3 Å². The van der Waals surface area contributed by atoms with Crippen LogP contribution in [0, 0.1) is 6.92 Å². The molecule has 2 N–H and O–H groups in total. The van der Waals surface area contributed by atoms with E-state index in [1.165, 1.54) is 42.5 Å². The normalized spacial score (nSPS) is 21.9. The van der Waals surface area contributed by atoms with Crippen LogP contribution in [0.25, 0.3) is 0 Å². The van der Waals surface area contributed by atoms with Gasteiger partial charge in [-0.1, -0.05) is 19.3 Å². The summed E-state index contributed by atoms with van der Waals surface area (Å²) in [5.41, 5.74) is 1.61. The largest absolute Gasteiger partial charge is 0.379 e. The van der Waals surface area contributed by atoms with Crippen molar-refractivity contribution in [3.05, 3.63) is 21.9 Å². The van der Waals surface area contributed by atoms with Crippen LogP contribution >= 0.6 is 11.3 Å². The second-order valence-corrected chi connectivity index (χ2v) is 8.19. The number of hydrogen-bond donors (Lipinski definition) is 2. The third kappa shape index (κ3) is 4.74. The molecule has 2 fully saturated rings. The standard InChI is InChI=1S/C19H32N4OS/c1-16-6-13-25-17(16)14-21-18(20-2)22-15-19(7-4-3-5-8-19)23-9-11-24-12-10-23/h6,13H,3-5,7-12,14-15H2,1-2H3,(H2,20,21,22). The van der Waals surface area contributed by atoms with Gasteiger partial charge < -0.3 is 15.4 Å². The lowest BCUT2D eigenvalue weighted by molar-refractivity contribution is -0.0352. The third-order valence-corrected chi connectivity index (χ3v) is 6.68. The molecule has 5 nitrogen and oxygen atoms in total. The topological polar surface area (TPSA) is 48.9 Å². The summed E-state index contributed by atoms with van der Waals surface area (Å²) in [6.45, 7) is 7.83. The van der Waals surface area contributed by atoms with Crippen molar-refractivity contribution in [2.75, 3.05) is 39.9 Å². The van der Waals surface area contributed by atoms with E-state index in [0.29, 0.717) is 0 Å². The lowest BCUT2D eigenvalue weighted by Gasteiger charge is -2.48. The number of thiophene rings is 1. The molecular formula is C19H32N4OS. The SMILES string of the molecule is CN=C(NCc1sccc1C)NCC1(N2CCOCC2)CCCCC1. The first-order chi connectivity index (χ1) is 12.2. The highest BCUT2D eigenvalue weighted by atomic mass is 32.1. The van der Waals surface area contributed by atoms with Crippen molar-refractivity contribution in [1.29, 1.82) is 0 Å². The second kappa shape index (κ2) is 9.01. The molecule has 1 aromatic rings. The number of morpholine rings is 1. The molecule has 0 atom stereocenters. The number of aliphatic imine (C=N–C) groups is 1. The predicted molar refractivity (Wildman–Crippen MR) is 105 cm³/mol. The molecule has 25 heavy (non-hydrogen) atoms. The quantitative estimate of drug-likeness (QED) is 0.623. The zero-order valence-electron chi connectivity index (χ0n) is 15.6. The number of guanidine groups is 1. The van der Waals surface area contributed by atoms with Gasteiger partial charge in [0.1, 0.15) is 0 Å². The highest BCUT2D eigenvalue weighted by molar-refractivity contribution is 7.10. The van der Waals surface area contributed by atoms with Crippen LogP contribution in [0.3, 0.4) is 0 Å². The van der Waals surface area contributed by atoms with Gasteiger partial charge in [0.2, 0.25) is 0 Å². The molecule has 0 unspecified atom stereocenters. The minimum atomic E-state index is 0.262. The Bertz CT molecular complexity index is 560. The Morgan fingerprint density at radius 1 is 1.24 bits per heavy atom. The second-order valence-electron chi connectivity index (χ2n) is 7.19.